The molecule has 4 rings (SSSR count). The van der Waals surface area contributed by atoms with Crippen LogP contribution < -0.4 is 5.43 Å². The molecule has 1 atom stereocenters. The van der Waals surface area contributed by atoms with Crippen molar-refractivity contribution in [3.63, 3.8) is 0 Å². The molecule has 0 bridgehead atoms. The van der Waals surface area contributed by atoms with Gasteiger partial charge in [-0.2, -0.15) is 5.10 Å². The second-order valence-electron chi connectivity index (χ2n) is 5.68. The molecule has 1 aliphatic heterocycles. The number of fused-ring (bicyclic) bond motifs is 1. The summed E-state index contributed by atoms with van der Waals surface area (Å²) in [5.41, 5.74) is 5.42. The molecule has 0 saturated heterocycles. The van der Waals surface area contributed by atoms with Crippen molar-refractivity contribution in [2.75, 3.05) is 6.54 Å². The van der Waals surface area contributed by atoms with Crippen molar-refractivity contribution in [2.45, 2.75) is 5.92 Å². The van der Waals surface area contributed by atoms with Gasteiger partial charge >= 0.3 is 0 Å². The fraction of sp³-hybridized carbons (Fsp3) is 0.100. The maximum Gasteiger partial charge on any atom is 0.209 e. The van der Waals surface area contributed by atoms with Crippen LogP contribution in [0.3, 0.4) is 0 Å². The minimum absolute atomic E-state index is 0.00599. The molecule has 0 radical (unpaired) electrons. The average Bonchev–Trinajstić information content (AvgIpc) is 3.11. The van der Waals surface area contributed by atoms with Crippen LogP contribution in [-0.2, 0) is 0 Å². The number of hydrogen-bond acceptors (Lipinski definition) is 3. The molecule has 23 heavy (non-hydrogen) atoms. The van der Waals surface area contributed by atoms with Crippen LogP contribution in [-0.4, -0.2) is 18.0 Å². The van der Waals surface area contributed by atoms with Crippen molar-refractivity contribution in [2.24, 2.45) is 5.10 Å². The van der Waals surface area contributed by atoms with E-state index in [0.29, 0.717) is 17.8 Å². The van der Waals surface area contributed by atoms with Gasteiger partial charge in [0.25, 0.3) is 0 Å². The van der Waals surface area contributed by atoms with E-state index in [2.05, 4.69) is 34.8 Å². The Morgan fingerprint density at radius 3 is 2.52 bits per heavy atom. The molecule has 112 valence electrons. The number of carbonyl (C=O) groups excluding carboxylic acids is 1. The van der Waals surface area contributed by atoms with Gasteiger partial charge in [-0.3, -0.25) is 4.79 Å². The normalized spacial score (nSPS) is 16.9. The maximum atomic E-state index is 12.8. The molecule has 1 heterocycles. The summed E-state index contributed by atoms with van der Waals surface area (Å²) in [6, 6.07) is 23.8. The Morgan fingerprint density at radius 2 is 1.65 bits per heavy atom. The van der Waals surface area contributed by atoms with Crippen molar-refractivity contribution < 1.29 is 4.79 Å². The molecular formula is C20H16N2O. The van der Waals surface area contributed by atoms with Gasteiger partial charge < -0.3 is 5.43 Å². The summed E-state index contributed by atoms with van der Waals surface area (Å²) >= 11 is 0. The molecule has 1 unspecified atom stereocenters. The Balaban J connectivity index is 1.77. The van der Waals surface area contributed by atoms with Crippen LogP contribution in [0.25, 0.3) is 10.8 Å². The van der Waals surface area contributed by atoms with E-state index in [9.17, 15) is 4.79 Å². The van der Waals surface area contributed by atoms with Crippen molar-refractivity contribution in [3.8, 4) is 0 Å². The lowest BCUT2D eigenvalue weighted by Gasteiger charge is -2.14. The van der Waals surface area contributed by atoms with E-state index in [1.54, 1.807) is 0 Å². The van der Waals surface area contributed by atoms with Gasteiger partial charge in [0.2, 0.25) is 5.78 Å². The molecule has 0 amide bonds. The highest BCUT2D eigenvalue weighted by atomic mass is 16.1. The third kappa shape index (κ3) is 2.40. The zero-order valence-corrected chi connectivity index (χ0v) is 12.6. The van der Waals surface area contributed by atoms with Crippen molar-refractivity contribution in [3.05, 3.63) is 83.9 Å². The van der Waals surface area contributed by atoms with Crippen LogP contribution >= 0.6 is 0 Å². The SMILES string of the molecule is O=C(C1=NNCC1c1cccc2ccccc12)c1ccccc1. The number of nitrogens with zero attached hydrogens (tertiary/aromatic N) is 1. The first kappa shape index (κ1) is 13.7. The second kappa shape index (κ2) is 5.69. The van der Waals surface area contributed by atoms with Gasteiger partial charge in [-0.1, -0.05) is 72.8 Å². The predicted molar refractivity (Wildman–Crippen MR) is 92.9 cm³/mol. The van der Waals surface area contributed by atoms with Gasteiger partial charge in [0, 0.05) is 12.1 Å². The number of hydrazone groups is 1. The number of Topliss-reactive ketones (excluding diaryl/α,β-unsaturated/α-hetero) is 1. The van der Waals surface area contributed by atoms with E-state index in [4.69, 9.17) is 0 Å². The molecule has 1 aliphatic rings. The summed E-state index contributed by atoms with van der Waals surface area (Å²) in [5.74, 6) is -0.0256. The Morgan fingerprint density at radius 1 is 0.913 bits per heavy atom. The summed E-state index contributed by atoms with van der Waals surface area (Å²) in [7, 11) is 0. The van der Waals surface area contributed by atoms with E-state index < -0.39 is 0 Å². The van der Waals surface area contributed by atoms with Crippen LogP contribution in [0.15, 0.2) is 77.9 Å². The highest BCUT2D eigenvalue weighted by Gasteiger charge is 2.30. The van der Waals surface area contributed by atoms with E-state index >= 15 is 0 Å². The smallest absolute Gasteiger partial charge is 0.209 e. The Hall–Kier alpha value is -2.94. The lowest BCUT2D eigenvalue weighted by Crippen LogP contribution is -2.21. The van der Waals surface area contributed by atoms with E-state index in [1.165, 1.54) is 10.8 Å². The Bertz CT molecular complexity index is 894. The van der Waals surface area contributed by atoms with Crippen LogP contribution in [0.1, 0.15) is 21.8 Å². The molecule has 0 aliphatic carbocycles. The van der Waals surface area contributed by atoms with Crippen LogP contribution in [0.5, 0.6) is 0 Å². The van der Waals surface area contributed by atoms with Gasteiger partial charge in [-0.25, -0.2) is 0 Å². The first-order valence-electron chi connectivity index (χ1n) is 7.72. The fourth-order valence-corrected chi connectivity index (χ4v) is 3.15. The average molecular weight is 300 g/mol. The standard InChI is InChI=1S/C20H16N2O/c23-20(15-8-2-1-3-9-15)19-18(13-21-22-19)17-12-6-10-14-7-4-5-11-16(14)17/h1-12,18,21H,13H2. The van der Waals surface area contributed by atoms with E-state index in [-0.39, 0.29) is 11.7 Å². The molecule has 0 fully saturated rings. The molecule has 0 aromatic heterocycles. The van der Waals surface area contributed by atoms with E-state index in [1.807, 2.05) is 48.5 Å². The summed E-state index contributed by atoms with van der Waals surface area (Å²) < 4.78 is 0. The van der Waals surface area contributed by atoms with Gasteiger partial charge in [-0.15, -0.1) is 0 Å². The molecule has 0 spiro atoms. The van der Waals surface area contributed by atoms with Crippen LogP contribution in [0.4, 0.5) is 0 Å². The molecule has 0 saturated carbocycles. The number of hydrogen-bond donors (Lipinski definition) is 1. The minimum Gasteiger partial charge on any atom is -0.309 e. The topological polar surface area (TPSA) is 41.5 Å². The van der Waals surface area contributed by atoms with E-state index in [0.717, 1.165) is 5.56 Å². The maximum absolute atomic E-state index is 12.8. The number of carbonyl (C=O) groups is 1. The monoisotopic (exact) mass is 300 g/mol. The molecule has 1 N–H and O–H groups in total. The van der Waals surface area contributed by atoms with Gasteiger partial charge in [0.1, 0.15) is 5.71 Å². The van der Waals surface area contributed by atoms with Crippen LogP contribution in [0.2, 0.25) is 0 Å². The predicted octanol–water partition coefficient (Wildman–Crippen LogP) is 3.77. The number of nitrogens with one attached hydrogen (secondary N) is 1. The van der Waals surface area contributed by atoms with Gasteiger partial charge in [0.05, 0.1) is 5.92 Å². The summed E-state index contributed by atoms with van der Waals surface area (Å²) in [6.45, 7) is 0.655. The zero-order chi connectivity index (χ0) is 15.6. The Labute approximate surface area is 134 Å². The molecular weight excluding hydrogens is 284 g/mol. The summed E-state index contributed by atoms with van der Waals surface area (Å²) in [6.07, 6.45) is 0. The zero-order valence-electron chi connectivity index (χ0n) is 12.6. The van der Waals surface area contributed by atoms with Crippen LogP contribution in [0, 0.1) is 0 Å². The third-order valence-electron chi connectivity index (χ3n) is 4.29. The first-order valence-corrected chi connectivity index (χ1v) is 7.72. The summed E-state index contributed by atoms with van der Waals surface area (Å²) in [4.78, 5) is 12.8. The lowest BCUT2D eigenvalue weighted by molar-refractivity contribution is 0.106. The Kier molecular flexibility index (Phi) is 3.39. The number of benzene rings is 3. The van der Waals surface area contributed by atoms with Gasteiger partial charge in [0.15, 0.2) is 0 Å². The molecule has 3 aromatic carbocycles. The lowest BCUT2D eigenvalue weighted by atomic mass is 9.87. The first-order chi connectivity index (χ1) is 11.3. The van der Waals surface area contributed by atoms with Crippen molar-refractivity contribution >= 4 is 22.3 Å². The minimum atomic E-state index is -0.0196. The number of ketones is 1. The molecule has 3 heteroatoms. The summed E-state index contributed by atoms with van der Waals surface area (Å²) in [5, 5.41) is 6.66. The molecule has 3 nitrogen and oxygen atoms in total. The van der Waals surface area contributed by atoms with Crippen molar-refractivity contribution in [1.29, 1.82) is 0 Å². The quantitative estimate of drug-likeness (QED) is 0.748. The third-order valence-corrected chi connectivity index (χ3v) is 4.29. The second-order valence-corrected chi connectivity index (χ2v) is 5.68. The van der Waals surface area contributed by atoms with Gasteiger partial charge in [-0.05, 0) is 16.3 Å². The molecule has 3 aromatic rings. The highest BCUT2D eigenvalue weighted by Crippen LogP contribution is 2.29. The highest BCUT2D eigenvalue weighted by molar-refractivity contribution is 6.48. The number of rotatable bonds is 3. The largest absolute Gasteiger partial charge is 0.309 e. The van der Waals surface area contributed by atoms with Crippen molar-refractivity contribution in [1.82, 2.24) is 5.43 Å². The fourth-order valence-electron chi connectivity index (χ4n) is 3.15.